The van der Waals surface area contributed by atoms with Crippen molar-refractivity contribution in [2.24, 2.45) is 0 Å². The van der Waals surface area contributed by atoms with Crippen LogP contribution in [0.2, 0.25) is 0 Å². The van der Waals surface area contributed by atoms with Crippen molar-refractivity contribution in [2.75, 3.05) is 14.2 Å². The lowest BCUT2D eigenvalue weighted by Gasteiger charge is -2.09. The fourth-order valence-corrected chi connectivity index (χ4v) is 2.39. The van der Waals surface area contributed by atoms with Crippen LogP contribution >= 0.6 is 0 Å². The highest BCUT2D eigenvalue weighted by atomic mass is 16.5. The molecule has 0 fully saturated rings. The summed E-state index contributed by atoms with van der Waals surface area (Å²) in [6, 6.07) is 13.9. The van der Waals surface area contributed by atoms with Crippen LogP contribution in [0.1, 0.15) is 24.2 Å². The monoisotopic (exact) mass is 282 g/mol. The van der Waals surface area contributed by atoms with Gasteiger partial charge in [0.1, 0.15) is 17.3 Å². The second kappa shape index (κ2) is 5.48. The van der Waals surface area contributed by atoms with E-state index in [9.17, 15) is 0 Å². The van der Waals surface area contributed by atoms with Crippen molar-refractivity contribution >= 4 is 11.0 Å². The Morgan fingerprint density at radius 3 is 2.29 bits per heavy atom. The number of ether oxygens (including phenoxy) is 2. The Balaban J connectivity index is 1.94. The highest BCUT2D eigenvalue weighted by molar-refractivity contribution is 5.77. The van der Waals surface area contributed by atoms with Crippen LogP contribution in [0.25, 0.3) is 11.0 Å². The summed E-state index contributed by atoms with van der Waals surface area (Å²) in [6.07, 6.45) is 0. The quantitative estimate of drug-likeness (QED) is 0.793. The van der Waals surface area contributed by atoms with E-state index in [4.69, 9.17) is 9.47 Å². The van der Waals surface area contributed by atoms with Gasteiger partial charge in [0.25, 0.3) is 0 Å². The molecule has 4 heteroatoms. The molecule has 21 heavy (non-hydrogen) atoms. The maximum absolute atomic E-state index is 5.23. The Morgan fingerprint density at radius 2 is 1.62 bits per heavy atom. The van der Waals surface area contributed by atoms with E-state index >= 15 is 0 Å². The van der Waals surface area contributed by atoms with Crippen LogP contribution in [0.3, 0.4) is 0 Å². The normalized spacial score (nSPS) is 12.3. The maximum Gasteiger partial charge on any atom is 0.121 e. The summed E-state index contributed by atoms with van der Waals surface area (Å²) in [7, 11) is 3.33. The Hall–Kier alpha value is -2.49. The molecule has 4 nitrogen and oxygen atoms in total. The molecule has 0 saturated heterocycles. The SMILES string of the molecule is COc1ccc(C(C)c2nc3cc(OC)ccc3[nH]2)cc1. The first-order valence-corrected chi connectivity index (χ1v) is 6.89. The molecule has 3 rings (SSSR count). The van der Waals surface area contributed by atoms with E-state index in [2.05, 4.69) is 29.0 Å². The van der Waals surface area contributed by atoms with Crippen LogP contribution in [0.4, 0.5) is 0 Å². The van der Waals surface area contributed by atoms with Crippen LogP contribution in [-0.2, 0) is 0 Å². The summed E-state index contributed by atoms with van der Waals surface area (Å²) in [5.74, 6) is 2.82. The van der Waals surface area contributed by atoms with E-state index < -0.39 is 0 Å². The molecule has 0 spiro atoms. The van der Waals surface area contributed by atoms with Crippen molar-refractivity contribution in [3.05, 3.63) is 53.9 Å². The second-order valence-electron chi connectivity index (χ2n) is 5.00. The number of hydrogen-bond acceptors (Lipinski definition) is 3. The predicted octanol–water partition coefficient (Wildman–Crippen LogP) is 3.73. The number of benzene rings is 2. The zero-order valence-electron chi connectivity index (χ0n) is 12.4. The van der Waals surface area contributed by atoms with Crippen molar-refractivity contribution in [3.63, 3.8) is 0 Å². The molecule has 1 aromatic heterocycles. The third-order valence-corrected chi connectivity index (χ3v) is 3.73. The molecular formula is C17H18N2O2. The van der Waals surface area contributed by atoms with Gasteiger partial charge in [-0.05, 0) is 29.8 Å². The van der Waals surface area contributed by atoms with Crippen molar-refractivity contribution in [2.45, 2.75) is 12.8 Å². The van der Waals surface area contributed by atoms with Gasteiger partial charge in [0.05, 0.1) is 25.3 Å². The molecule has 2 aromatic carbocycles. The van der Waals surface area contributed by atoms with Gasteiger partial charge in [-0.15, -0.1) is 0 Å². The lowest BCUT2D eigenvalue weighted by Crippen LogP contribution is -1.98. The van der Waals surface area contributed by atoms with Gasteiger partial charge < -0.3 is 14.5 Å². The minimum absolute atomic E-state index is 0.189. The standard InChI is InChI=1S/C17H18N2O2/c1-11(12-4-6-13(20-2)7-5-12)17-18-15-9-8-14(21-3)10-16(15)19-17/h4-11H,1-3H3,(H,18,19). The molecule has 0 bridgehead atoms. The van der Waals surface area contributed by atoms with Crippen molar-refractivity contribution < 1.29 is 9.47 Å². The number of nitrogens with zero attached hydrogens (tertiary/aromatic N) is 1. The summed E-state index contributed by atoms with van der Waals surface area (Å²) in [5, 5.41) is 0. The molecule has 1 unspecified atom stereocenters. The topological polar surface area (TPSA) is 47.1 Å². The fraction of sp³-hybridized carbons (Fsp3) is 0.235. The first kappa shape index (κ1) is 13.5. The number of nitrogens with one attached hydrogen (secondary N) is 1. The van der Waals surface area contributed by atoms with Crippen molar-refractivity contribution in [3.8, 4) is 11.5 Å². The second-order valence-corrected chi connectivity index (χ2v) is 5.00. The molecule has 1 heterocycles. The highest BCUT2D eigenvalue weighted by Gasteiger charge is 2.13. The highest BCUT2D eigenvalue weighted by Crippen LogP contribution is 2.27. The number of aromatic amines is 1. The third kappa shape index (κ3) is 2.57. The predicted molar refractivity (Wildman–Crippen MR) is 83.2 cm³/mol. The first-order chi connectivity index (χ1) is 10.2. The molecule has 3 aromatic rings. The molecule has 0 aliphatic heterocycles. The molecule has 0 aliphatic rings. The van der Waals surface area contributed by atoms with Crippen molar-refractivity contribution in [1.82, 2.24) is 9.97 Å². The Labute approximate surface area is 123 Å². The average Bonchev–Trinajstić information content (AvgIpc) is 2.97. The molecule has 0 saturated carbocycles. The number of fused-ring (bicyclic) bond motifs is 1. The van der Waals surface area contributed by atoms with Crippen molar-refractivity contribution in [1.29, 1.82) is 0 Å². The van der Waals surface area contributed by atoms with Gasteiger partial charge in [0, 0.05) is 12.0 Å². The first-order valence-electron chi connectivity index (χ1n) is 6.89. The third-order valence-electron chi connectivity index (χ3n) is 3.73. The van der Waals surface area contributed by atoms with Crippen LogP contribution in [0.5, 0.6) is 11.5 Å². The molecule has 0 aliphatic carbocycles. The molecule has 1 N–H and O–H groups in total. The molecule has 108 valence electrons. The number of methoxy groups -OCH3 is 2. The van der Waals surface area contributed by atoms with Gasteiger partial charge in [-0.1, -0.05) is 19.1 Å². The Morgan fingerprint density at radius 1 is 0.952 bits per heavy atom. The molecule has 1 atom stereocenters. The molecule has 0 radical (unpaired) electrons. The van der Waals surface area contributed by atoms with Gasteiger partial charge in [-0.25, -0.2) is 4.98 Å². The lowest BCUT2D eigenvalue weighted by molar-refractivity contribution is 0.414. The van der Waals surface area contributed by atoms with E-state index in [0.29, 0.717) is 0 Å². The molecular weight excluding hydrogens is 264 g/mol. The van der Waals surface area contributed by atoms with E-state index in [1.807, 2.05) is 30.3 Å². The fourth-order valence-electron chi connectivity index (χ4n) is 2.39. The summed E-state index contributed by atoms with van der Waals surface area (Å²) in [5.41, 5.74) is 3.14. The van der Waals surface area contributed by atoms with Gasteiger partial charge in [0.15, 0.2) is 0 Å². The van der Waals surface area contributed by atoms with E-state index in [1.54, 1.807) is 14.2 Å². The van der Waals surface area contributed by atoms with Crippen LogP contribution < -0.4 is 9.47 Å². The summed E-state index contributed by atoms with van der Waals surface area (Å²) >= 11 is 0. The maximum atomic E-state index is 5.23. The number of aromatic nitrogens is 2. The smallest absolute Gasteiger partial charge is 0.121 e. The van der Waals surface area contributed by atoms with E-state index in [1.165, 1.54) is 5.56 Å². The molecule has 0 amide bonds. The van der Waals surface area contributed by atoms with Gasteiger partial charge >= 0.3 is 0 Å². The van der Waals surface area contributed by atoms with E-state index in [0.717, 1.165) is 28.4 Å². The lowest BCUT2D eigenvalue weighted by atomic mass is 10.0. The zero-order valence-corrected chi connectivity index (χ0v) is 12.4. The number of imidazole rings is 1. The largest absolute Gasteiger partial charge is 0.497 e. The Kier molecular flexibility index (Phi) is 3.52. The Bertz CT molecular complexity index is 747. The van der Waals surface area contributed by atoms with E-state index in [-0.39, 0.29) is 5.92 Å². The summed E-state index contributed by atoms with van der Waals surface area (Å²) < 4.78 is 10.4. The van der Waals surface area contributed by atoms with Gasteiger partial charge in [0.2, 0.25) is 0 Å². The number of rotatable bonds is 4. The number of hydrogen-bond donors (Lipinski definition) is 1. The summed E-state index contributed by atoms with van der Waals surface area (Å²) in [6.45, 7) is 2.14. The minimum atomic E-state index is 0.189. The number of H-pyrrole nitrogens is 1. The van der Waals surface area contributed by atoms with Crippen LogP contribution in [-0.4, -0.2) is 24.2 Å². The van der Waals surface area contributed by atoms with Gasteiger partial charge in [-0.3, -0.25) is 0 Å². The minimum Gasteiger partial charge on any atom is -0.497 e. The van der Waals surface area contributed by atoms with Crippen LogP contribution in [0.15, 0.2) is 42.5 Å². The van der Waals surface area contributed by atoms with Gasteiger partial charge in [-0.2, -0.15) is 0 Å². The van der Waals surface area contributed by atoms with Crippen LogP contribution in [0, 0.1) is 0 Å². The zero-order chi connectivity index (χ0) is 14.8. The average molecular weight is 282 g/mol. The summed E-state index contributed by atoms with van der Waals surface area (Å²) in [4.78, 5) is 8.05.